The Hall–Kier alpha value is -1.83. The van der Waals surface area contributed by atoms with Crippen molar-refractivity contribution in [1.82, 2.24) is 15.6 Å². The molecule has 1 aromatic heterocycles. The molecule has 0 aliphatic rings. The molecule has 0 spiro atoms. The van der Waals surface area contributed by atoms with Crippen molar-refractivity contribution in [1.29, 1.82) is 0 Å². The van der Waals surface area contributed by atoms with Crippen LogP contribution in [0.25, 0.3) is 0 Å². The summed E-state index contributed by atoms with van der Waals surface area (Å²) in [5.74, 6) is 0.603. The van der Waals surface area contributed by atoms with Crippen molar-refractivity contribution in [3.05, 3.63) is 30.1 Å². The lowest BCUT2D eigenvalue weighted by Gasteiger charge is -2.12. The maximum atomic E-state index is 11.9. The van der Waals surface area contributed by atoms with E-state index < -0.39 is 12.8 Å². The van der Waals surface area contributed by atoms with Gasteiger partial charge in [-0.15, -0.1) is 0 Å². The summed E-state index contributed by atoms with van der Waals surface area (Å²) < 4.78 is 40.1. The molecule has 0 saturated carbocycles. The van der Waals surface area contributed by atoms with Crippen molar-refractivity contribution in [2.75, 3.05) is 33.4 Å². The van der Waals surface area contributed by atoms with Crippen LogP contribution in [0, 0.1) is 0 Å². The molecule has 0 fully saturated rings. The smallest absolute Gasteiger partial charge is 0.372 e. The maximum absolute atomic E-state index is 11.9. The summed E-state index contributed by atoms with van der Waals surface area (Å²) in [7, 11) is 1.64. The van der Waals surface area contributed by atoms with Crippen LogP contribution >= 0.6 is 0 Å². The minimum absolute atomic E-state index is 0.0530. The number of rotatable bonds is 8. The van der Waals surface area contributed by atoms with Gasteiger partial charge in [-0.25, -0.2) is 0 Å². The highest BCUT2D eigenvalue weighted by atomic mass is 19.4. The number of guanidine groups is 1. The number of nitrogens with zero attached hydrogens (tertiary/aromatic N) is 2. The van der Waals surface area contributed by atoms with Gasteiger partial charge < -0.3 is 15.4 Å². The summed E-state index contributed by atoms with van der Waals surface area (Å²) in [5.41, 5.74) is 0.978. The van der Waals surface area contributed by atoms with E-state index in [1.54, 1.807) is 13.2 Å². The molecule has 1 aromatic rings. The van der Waals surface area contributed by atoms with E-state index in [0.29, 0.717) is 25.5 Å². The molecule has 22 heavy (non-hydrogen) atoms. The first-order chi connectivity index (χ1) is 10.5. The van der Waals surface area contributed by atoms with Gasteiger partial charge in [0.15, 0.2) is 5.96 Å². The fraction of sp³-hybridized carbons (Fsp3) is 0.571. The summed E-state index contributed by atoms with van der Waals surface area (Å²) in [6.45, 7) is 0.00384. The van der Waals surface area contributed by atoms with E-state index in [4.69, 9.17) is 0 Å². The SMILES string of the molecule is CN=C(NCCCOCC(F)(F)F)NCCc1ccccn1. The highest BCUT2D eigenvalue weighted by Gasteiger charge is 2.27. The van der Waals surface area contributed by atoms with Crippen LogP contribution in [-0.2, 0) is 11.2 Å². The third-order valence-corrected chi connectivity index (χ3v) is 2.65. The van der Waals surface area contributed by atoms with Gasteiger partial charge in [0.25, 0.3) is 0 Å². The zero-order chi connectivity index (χ0) is 16.3. The molecule has 0 aromatic carbocycles. The van der Waals surface area contributed by atoms with Crippen molar-refractivity contribution in [2.45, 2.75) is 19.0 Å². The van der Waals surface area contributed by atoms with Crippen LogP contribution in [-0.4, -0.2) is 50.5 Å². The van der Waals surface area contributed by atoms with Crippen LogP contribution in [0.5, 0.6) is 0 Å². The summed E-state index contributed by atoms with van der Waals surface area (Å²) in [6.07, 6.45) is -1.30. The van der Waals surface area contributed by atoms with E-state index in [-0.39, 0.29) is 6.61 Å². The fourth-order valence-corrected chi connectivity index (χ4v) is 1.64. The van der Waals surface area contributed by atoms with Crippen molar-refractivity contribution in [2.24, 2.45) is 4.99 Å². The lowest BCUT2D eigenvalue weighted by molar-refractivity contribution is -0.173. The first kappa shape index (κ1) is 18.2. The van der Waals surface area contributed by atoms with E-state index in [1.807, 2.05) is 18.2 Å². The fourth-order valence-electron chi connectivity index (χ4n) is 1.64. The van der Waals surface area contributed by atoms with Crippen LogP contribution in [0.15, 0.2) is 29.4 Å². The molecule has 8 heteroatoms. The Labute approximate surface area is 128 Å². The van der Waals surface area contributed by atoms with Gasteiger partial charge in [-0.1, -0.05) is 6.07 Å². The second kappa shape index (κ2) is 9.99. The van der Waals surface area contributed by atoms with Gasteiger partial charge in [0.05, 0.1) is 0 Å². The third kappa shape index (κ3) is 9.17. The molecule has 5 nitrogen and oxygen atoms in total. The van der Waals surface area contributed by atoms with Gasteiger partial charge in [0, 0.05) is 45.1 Å². The topological polar surface area (TPSA) is 58.5 Å². The van der Waals surface area contributed by atoms with E-state index >= 15 is 0 Å². The van der Waals surface area contributed by atoms with E-state index in [0.717, 1.165) is 12.1 Å². The summed E-state index contributed by atoms with van der Waals surface area (Å²) >= 11 is 0. The molecule has 0 bridgehead atoms. The number of hydrogen-bond donors (Lipinski definition) is 2. The molecule has 0 amide bonds. The third-order valence-electron chi connectivity index (χ3n) is 2.65. The van der Waals surface area contributed by atoms with Crippen LogP contribution < -0.4 is 10.6 Å². The van der Waals surface area contributed by atoms with Crippen molar-refractivity contribution < 1.29 is 17.9 Å². The molecule has 0 radical (unpaired) electrons. The molecule has 1 heterocycles. The zero-order valence-corrected chi connectivity index (χ0v) is 12.5. The zero-order valence-electron chi connectivity index (χ0n) is 12.5. The molecule has 0 atom stereocenters. The summed E-state index contributed by atoms with van der Waals surface area (Å²) in [5, 5.41) is 6.12. The predicted octanol–water partition coefficient (Wildman–Crippen LogP) is 1.76. The van der Waals surface area contributed by atoms with Gasteiger partial charge in [-0.3, -0.25) is 9.98 Å². The minimum Gasteiger partial charge on any atom is -0.372 e. The van der Waals surface area contributed by atoms with E-state index in [9.17, 15) is 13.2 Å². The molecular formula is C14H21F3N4O. The van der Waals surface area contributed by atoms with Gasteiger partial charge in [0.2, 0.25) is 0 Å². The standard InChI is InChI=1S/C14H21F3N4O/c1-18-13(20-8-4-10-22-11-14(15,16)17)21-9-6-12-5-2-3-7-19-12/h2-3,5,7H,4,6,8-11H2,1H3,(H2,18,20,21). The number of aromatic nitrogens is 1. The Kier molecular flexibility index (Phi) is 8.27. The number of nitrogens with one attached hydrogen (secondary N) is 2. The quantitative estimate of drug-likeness (QED) is 0.436. The first-order valence-electron chi connectivity index (χ1n) is 7.00. The number of pyridine rings is 1. The van der Waals surface area contributed by atoms with Gasteiger partial charge >= 0.3 is 6.18 Å². The van der Waals surface area contributed by atoms with Gasteiger partial charge in [-0.05, 0) is 18.6 Å². The first-order valence-corrected chi connectivity index (χ1v) is 7.00. The molecular weight excluding hydrogens is 297 g/mol. The number of halogens is 3. The van der Waals surface area contributed by atoms with Crippen LogP contribution in [0.4, 0.5) is 13.2 Å². The minimum atomic E-state index is -4.27. The predicted molar refractivity (Wildman–Crippen MR) is 78.8 cm³/mol. The Balaban J connectivity index is 2.08. The lowest BCUT2D eigenvalue weighted by Crippen LogP contribution is -2.39. The lowest BCUT2D eigenvalue weighted by atomic mass is 10.3. The maximum Gasteiger partial charge on any atom is 0.411 e. The van der Waals surface area contributed by atoms with Crippen molar-refractivity contribution >= 4 is 5.96 Å². The van der Waals surface area contributed by atoms with Gasteiger partial charge in [0.1, 0.15) is 6.61 Å². The summed E-state index contributed by atoms with van der Waals surface area (Å²) in [4.78, 5) is 8.24. The number of hydrogen-bond acceptors (Lipinski definition) is 3. The van der Waals surface area contributed by atoms with E-state index in [1.165, 1.54) is 0 Å². The normalized spacial score (nSPS) is 12.3. The highest BCUT2D eigenvalue weighted by Crippen LogP contribution is 2.14. The second-order valence-corrected chi connectivity index (χ2v) is 4.52. The number of alkyl halides is 3. The van der Waals surface area contributed by atoms with Crippen molar-refractivity contribution in [3.63, 3.8) is 0 Å². The monoisotopic (exact) mass is 318 g/mol. The number of aliphatic imine (C=N–C) groups is 1. The Morgan fingerprint density at radius 1 is 1.27 bits per heavy atom. The second-order valence-electron chi connectivity index (χ2n) is 4.52. The Bertz CT molecular complexity index is 437. The van der Waals surface area contributed by atoms with Crippen LogP contribution in [0.2, 0.25) is 0 Å². The molecule has 2 N–H and O–H groups in total. The van der Waals surface area contributed by atoms with E-state index in [2.05, 4.69) is 25.3 Å². The van der Waals surface area contributed by atoms with Crippen LogP contribution in [0.3, 0.4) is 0 Å². The van der Waals surface area contributed by atoms with Crippen molar-refractivity contribution in [3.8, 4) is 0 Å². The van der Waals surface area contributed by atoms with Gasteiger partial charge in [-0.2, -0.15) is 13.2 Å². The highest BCUT2D eigenvalue weighted by molar-refractivity contribution is 5.79. The largest absolute Gasteiger partial charge is 0.411 e. The Morgan fingerprint density at radius 2 is 2.05 bits per heavy atom. The molecule has 0 saturated heterocycles. The average Bonchev–Trinajstić information content (AvgIpc) is 2.49. The average molecular weight is 318 g/mol. The Morgan fingerprint density at radius 3 is 2.68 bits per heavy atom. The molecule has 0 aliphatic heterocycles. The molecule has 124 valence electrons. The molecule has 1 rings (SSSR count). The molecule has 0 unspecified atom stereocenters. The molecule has 0 aliphatic carbocycles. The number of ether oxygens (including phenoxy) is 1. The van der Waals surface area contributed by atoms with Crippen LogP contribution in [0.1, 0.15) is 12.1 Å². The summed E-state index contributed by atoms with van der Waals surface area (Å²) in [6, 6.07) is 5.73.